The Morgan fingerprint density at radius 3 is 2.54 bits per heavy atom. The van der Waals surface area contributed by atoms with Crippen molar-refractivity contribution in [2.75, 3.05) is 60.8 Å². The lowest BCUT2D eigenvalue weighted by Crippen LogP contribution is -2.38. The number of nitrogens with one attached hydrogen (secondary N) is 2. The van der Waals surface area contributed by atoms with E-state index in [1.807, 2.05) is 0 Å². The fourth-order valence-electron chi connectivity index (χ4n) is 2.21. The van der Waals surface area contributed by atoms with Crippen LogP contribution in [-0.2, 0) is 20.8 Å². The first-order valence-corrected chi connectivity index (χ1v) is 8.93. The normalized spacial score (nSPS) is 11.5. The number of guanidine groups is 1. The minimum Gasteiger partial charge on any atom is -0.493 e. The van der Waals surface area contributed by atoms with Crippen LogP contribution < -0.4 is 15.4 Å². The van der Waals surface area contributed by atoms with Gasteiger partial charge in [-0.2, -0.15) is 0 Å². The van der Waals surface area contributed by atoms with Crippen molar-refractivity contribution in [3.05, 3.63) is 29.3 Å². The number of aliphatic imine (C=N–C) groups is 1. The fourth-order valence-corrected chi connectivity index (χ4v) is 2.21. The molecule has 0 heterocycles. The summed E-state index contributed by atoms with van der Waals surface area (Å²) in [6, 6.07) is 6.22. The monoisotopic (exact) mass is 367 g/mol. The SMILES string of the molecule is CN=C(NCCOCCOC)NCc1ccc(C)cc1OCCCOC. The molecular formula is C19H33N3O4. The van der Waals surface area contributed by atoms with Crippen LogP contribution in [0.5, 0.6) is 5.75 Å². The van der Waals surface area contributed by atoms with Crippen LogP contribution in [0.4, 0.5) is 0 Å². The summed E-state index contributed by atoms with van der Waals surface area (Å²) in [6.07, 6.45) is 0.865. The van der Waals surface area contributed by atoms with Crippen molar-refractivity contribution >= 4 is 5.96 Å². The minimum absolute atomic E-state index is 0.595. The highest BCUT2D eigenvalue weighted by Crippen LogP contribution is 2.20. The van der Waals surface area contributed by atoms with Gasteiger partial charge in [0.15, 0.2) is 5.96 Å². The molecule has 0 spiro atoms. The zero-order chi connectivity index (χ0) is 19.0. The molecule has 0 bridgehead atoms. The number of ether oxygens (including phenoxy) is 4. The summed E-state index contributed by atoms with van der Waals surface area (Å²) in [6.45, 7) is 6.50. The van der Waals surface area contributed by atoms with Crippen molar-refractivity contribution in [3.8, 4) is 5.75 Å². The highest BCUT2D eigenvalue weighted by atomic mass is 16.5. The summed E-state index contributed by atoms with van der Waals surface area (Å²) in [5.74, 6) is 1.62. The largest absolute Gasteiger partial charge is 0.493 e. The molecule has 7 heteroatoms. The van der Waals surface area contributed by atoms with E-state index in [1.165, 1.54) is 5.56 Å². The maximum Gasteiger partial charge on any atom is 0.191 e. The van der Waals surface area contributed by atoms with Crippen molar-refractivity contribution in [1.82, 2.24) is 10.6 Å². The van der Waals surface area contributed by atoms with Crippen LogP contribution in [0.1, 0.15) is 17.5 Å². The van der Waals surface area contributed by atoms with Gasteiger partial charge in [-0.25, -0.2) is 0 Å². The molecule has 0 aliphatic heterocycles. The molecule has 1 aromatic rings. The molecule has 0 atom stereocenters. The Bertz CT molecular complexity index is 524. The topological polar surface area (TPSA) is 73.3 Å². The maximum absolute atomic E-state index is 5.91. The van der Waals surface area contributed by atoms with E-state index >= 15 is 0 Å². The highest BCUT2D eigenvalue weighted by Gasteiger charge is 2.06. The Kier molecular flexibility index (Phi) is 12.3. The van der Waals surface area contributed by atoms with Crippen LogP contribution in [-0.4, -0.2) is 66.8 Å². The van der Waals surface area contributed by atoms with Crippen LogP contribution in [0.15, 0.2) is 23.2 Å². The lowest BCUT2D eigenvalue weighted by Gasteiger charge is -2.15. The van der Waals surface area contributed by atoms with Gasteiger partial charge < -0.3 is 29.6 Å². The average Bonchev–Trinajstić information content (AvgIpc) is 2.65. The molecule has 0 amide bonds. The molecule has 0 saturated heterocycles. The molecule has 148 valence electrons. The first kappa shape index (κ1) is 22.2. The van der Waals surface area contributed by atoms with E-state index in [-0.39, 0.29) is 0 Å². The zero-order valence-electron chi connectivity index (χ0n) is 16.5. The van der Waals surface area contributed by atoms with E-state index in [0.29, 0.717) is 46.1 Å². The van der Waals surface area contributed by atoms with Crippen LogP contribution in [0.2, 0.25) is 0 Å². The molecule has 0 fully saturated rings. The number of methoxy groups -OCH3 is 2. The van der Waals surface area contributed by atoms with Gasteiger partial charge in [-0.15, -0.1) is 0 Å². The molecule has 0 aromatic heterocycles. The van der Waals surface area contributed by atoms with E-state index in [2.05, 4.69) is 40.7 Å². The van der Waals surface area contributed by atoms with E-state index in [0.717, 1.165) is 23.7 Å². The zero-order valence-corrected chi connectivity index (χ0v) is 16.5. The third kappa shape index (κ3) is 9.60. The van der Waals surface area contributed by atoms with Crippen molar-refractivity contribution < 1.29 is 18.9 Å². The maximum atomic E-state index is 5.91. The Balaban J connectivity index is 2.43. The summed E-state index contributed by atoms with van der Waals surface area (Å²) >= 11 is 0. The predicted molar refractivity (Wildman–Crippen MR) is 104 cm³/mol. The van der Waals surface area contributed by atoms with E-state index in [9.17, 15) is 0 Å². The molecule has 1 rings (SSSR count). The fraction of sp³-hybridized carbons (Fsp3) is 0.632. The standard InChI is InChI=1S/C19H33N3O4/c1-16-6-7-17(18(14-16)26-10-5-9-23-3)15-22-19(20-2)21-8-11-25-13-12-24-4/h6-7,14H,5,8-13,15H2,1-4H3,(H2,20,21,22). The van der Waals surface area contributed by atoms with Gasteiger partial charge in [0, 0.05) is 52.9 Å². The Morgan fingerprint density at radius 1 is 1.00 bits per heavy atom. The Hall–Kier alpha value is -1.83. The molecule has 0 aliphatic carbocycles. The van der Waals surface area contributed by atoms with Gasteiger partial charge in [-0.1, -0.05) is 12.1 Å². The van der Waals surface area contributed by atoms with Gasteiger partial charge in [-0.3, -0.25) is 4.99 Å². The Morgan fingerprint density at radius 2 is 1.81 bits per heavy atom. The predicted octanol–water partition coefficient (Wildman–Crippen LogP) is 1.74. The molecule has 0 aliphatic rings. The third-order valence-corrected chi connectivity index (χ3v) is 3.61. The number of hydrogen-bond donors (Lipinski definition) is 2. The minimum atomic E-state index is 0.595. The highest BCUT2D eigenvalue weighted by molar-refractivity contribution is 5.79. The first-order valence-electron chi connectivity index (χ1n) is 8.93. The van der Waals surface area contributed by atoms with Gasteiger partial charge in [0.2, 0.25) is 0 Å². The van der Waals surface area contributed by atoms with Crippen LogP contribution in [0.3, 0.4) is 0 Å². The summed E-state index contributed by atoms with van der Waals surface area (Å²) in [5, 5.41) is 6.53. The van der Waals surface area contributed by atoms with Crippen molar-refractivity contribution in [3.63, 3.8) is 0 Å². The molecule has 1 aromatic carbocycles. The van der Waals surface area contributed by atoms with Gasteiger partial charge >= 0.3 is 0 Å². The van der Waals surface area contributed by atoms with Crippen molar-refractivity contribution in [2.45, 2.75) is 19.9 Å². The molecule has 0 radical (unpaired) electrons. The number of rotatable bonds is 13. The van der Waals surface area contributed by atoms with Crippen molar-refractivity contribution in [1.29, 1.82) is 0 Å². The second-order valence-electron chi connectivity index (χ2n) is 5.76. The van der Waals surface area contributed by atoms with Crippen LogP contribution in [0.25, 0.3) is 0 Å². The summed E-state index contributed by atoms with van der Waals surface area (Å²) < 4.78 is 21.3. The molecule has 0 unspecified atom stereocenters. The molecule has 7 nitrogen and oxygen atoms in total. The lowest BCUT2D eigenvalue weighted by atomic mass is 10.1. The van der Waals surface area contributed by atoms with Crippen LogP contribution in [0, 0.1) is 6.92 Å². The number of aryl methyl sites for hydroxylation is 1. The number of benzene rings is 1. The molecular weight excluding hydrogens is 334 g/mol. The number of nitrogens with zero attached hydrogens (tertiary/aromatic N) is 1. The molecule has 26 heavy (non-hydrogen) atoms. The van der Waals surface area contributed by atoms with Gasteiger partial charge in [0.25, 0.3) is 0 Å². The smallest absolute Gasteiger partial charge is 0.191 e. The van der Waals surface area contributed by atoms with Crippen molar-refractivity contribution in [2.24, 2.45) is 4.99 Å². The second kappa shape index (κ2) is 14.4. The van der Waals surface area contributed by atoms with E-state index in [4.69, 9.17) is 18.9 Å². The second-order valence-corrected chi connectivity index (χ2v) is 5.76. The van der Waals surface area contributed by atoms with Gasteiger partial charge in [0.1, 0.15) is 5.75 Å². The van der Waals surface area contributed by atoms with E-state index < -0.39 is 0 Å². The third-order valence-electron chi connectivity index (χ3n) is 3.61. The van der Waals surface area contributed by atoms with E-state index in [1.54, 1.807) is 21.3 Å². The summed E-state index contributed by atoms with van der Waals surface area (Å²) in [4.78, 5) is 4.23. The van der Waals surface area contributed by atoms with Gasteiger partial charge in [0.05, 0.1) is 26.4 Å². The molecule has 0 saturated carbocycles. The first-order chi connectivity index (χ1) is 12.7. The number of hydrogen-bond acceptors (Lipinski definition) is 5. The quantitative estimate of drug-likeness (QED) is 0.314. The summed E-state index contributed by atoms with van der Waals surface area (Å²) in [5.41, 5.74) is 2.26. The average molecular weight is 367 g/mol. The molecule has 2 N–H and O–H groups in total. The van der Waals surface area contributed by atoms with Crippen LogP contribution >= 0.6 is 0 Å². The lowest BCUT2D eigenvalue weighted by molar-refractivity contribution is 0.0733. The summed E-state index contributed by atoms with van der Waals surface area (Å²) in [7, 11) is 5.11. The Labute approximate surface area is 157 Å². The van der Waals surface area contributed by atoms with Gasteiger partial charge in [-0.05, 0) is 18.6 Å².